The van der Waals surface area contributed by atoms with Gasteiger partial charge in [0.1, 0.15) is 5.75 Å². The minimum absolute atomic E-state index is 0.375. The van der Waals surface area contributed by atoms with Crippen molar-refractivity contribution in [2.24, 2.45) is 0 Å². The van der Waals surface area contributed by atoms with Crippen LogP contribution >= 0.6 is 0 Å². The van der Waals surface area contributed by atoms with E-state index in [-0.39, 0.29) is 0 Å². The van der Waals surface area contributed by atoms with Crippen molar-refractivity contribution < 1.29 is 5.11 Å². The van der Waals surface area contributed by atoms with Crippen molar-refractivity contribution in [3.8, 4) is 5.75 Å². The highest BCUT2D eigenvalue weighted by Gasteiger charge is 2.22. The lowest BCUT2D eigenvalue weighted by Crippen LogP contribution is -2.00. The third kappa shape index (κ3) is 1.52. The third-order valence-electron chi connectivity index (χ3n) is 2.84. The average molecular weight is 199 g/mol. The van der Waals surface area contributed by atoms with Gasteiger partial charge in [0.15, 0.2) is 0 Å². The number of nitrogens with one attached hydrogen (secondary N) is 1. The topological polar surface area (TPSA) is 32.3 Å². The third-order valence-corrected chi connectivity index (χ3v) is 2.84. The molecule has 15 heavy (non-hydrogen) atoms. The van der Waals surface area contributed by atoms with Gasteiger partial charge in [-0.2, -0.15) is 0 Å². The monoisotopic (exact) mass is 199 g/mol. The molecule has 2 N–H and O–H groups in total. The molecule has 1 saturated carbocycles. The first-order valence-corrected chi connectivity index (χ1v) is 5.32. The van der Waals surface area contributed by atoms with Gasteiger partial charge in [-0.05, 0) is 24.3 Å². The SMILES string of the molecule is Oc1c(NC2CC2)ccc2ccccc12. The molecule has 2 heteroatoms. The molecule has 1 aliphatic carbocycles. The number of hydrogen-bond donors (Lipinski definition) is 2. The second-order valence-electron chi connectivity index (χ2n) is 4.10. The lowest BCUT2D eigenvalue weighted by atomic mass is 10.1. The maximum atomic E-state index is 10.1. The fourth-order valence-corrected chi connectivity index (χ4v) is 1.82. The summed E-state index contributed by atoms with van der Waals surface area (Å²) in [6.45, 7) is 0. The van der Waals surface area contributed by atoms with Gasteiger partial charge in [-0.3, -0.25) is 0 Å². The molecule has 0 bridgehead atoms. The molecular weight excluding hydrogens is 186 g/mol. The highest BCUT2D eigenvalue weighted by molar-refractivity contribution is 5.93. The van der Waals surface area contributed by atoms with Crippen molar-refractivity contribution in [3.05, 3.63) is 36.4 Å². The molecular formula is C13H13NO. The number of aromatic hydroxyl groups is 1. The van der Waals surface area contributed by atoms with Gasteiger partial charge in [0, 0.05) is 11.4 Å². The van der Waals surface area contributed by atoms with Crippen LogP contribution in [0.25, 0.3) is 10.8 Å². The number of hydrogen-bond acceptors (Lipinski definition) is 2. The first kappa shape index (κ1) is 8.60. The average Bonchev–Trinajstić information content (AvgIpc) is 3.07. The Morgan fingerprint density at radius 2 is 1.87 bits per heavy atom. The van der Waals surface area contributed by atoms with E-state index >= 15 is 0 Å². The summed E-state index contributed by atoms with van der Waals surface area (Å²) in [6.07, 6.45) is 2.43. The molecule has 2 nitrogen and oxygen atoms in total. The molecule has 0 amide bonds. The van der Waals surface area contributed by atoms with E-state index in [1.165, 1.54) is 12.8 Å². The number of fused-ring (bicyclic) bond motifs is 1. The maximum absolute atomic E-state index is 10.1. The molecule has 0 aliphatic heterocycles. The Morgan fingerprint density at radius 1 is 1.07 bits per heavy atom. The summed E-state index contributed by atoms with van der Waals surface area (Å²) in [5, 5.41) is 15.4. The Kier molecular flexibility index (Phi) is 1.81. The second kappa shape index (κ2) is 3.16. The van der Waals surface area contributed by atoms with E-state index in [0.29, 0.717) is 11.8 Å². The van der Waals surface area contributed by atoms with Crippen LogP contribution in [-0.2, 0) is 0 Å². The molecule has 0 spiro atoms. The minimum atomic E-state index is 0.375. The van der Waals surface area contributed by atoms with E-state index in [1.807, 2.05) is 36.4 Å². The van der Waals surface area contributed by atoms with Gasteiger partial charge in [0.05, 0.1) is 5.69 Å². The van der Waals surface area contributed by atoms with Crippen LogP contribution in [0.5, 0.6) is 5.75 Å². The van der Waals surface area contributed by atoms with Gasteiger partial charge in [0.25, 0.3) is 0 Å². The van der Waals surface area contributed by atoms with Crippen LogP contribution in [0.4, 0.5) is 5.69 Å². The van der Waals surface area contributed by atoms with Crippen molar-refractivity contribution >= 4 is 16.5 Å². The summed E-state index contributed by atoms with van der Waals surface area (Å²) < 4.78 is 0. The van der Waals surface area contributed by atoms with Crippen LogP contribution in [0.3, 0.4) is 0 Å². The lowest BCUT2D eigenvalue weighted by molar-refractivity contribution is 0.483. The van der Waals surface area contributed by atoms with Crippen molar-refractivity contribution in [1.29, 1.82) is 0 Å². The van der Waals surface area contributed by atoms with Gasteiger partial charge < -0.3 is 10.4 Å². The number of phenols is 1. The molecule has 0 heterocycles. The van der Waals surface area contributed by atoms with Crippen LogP contribution in [0.2, 0.25) is 0 Å². The van der Waals surface area contributed by atoms with Gasteiger partial charge in [-0.25, -0.2) is 0 Å². The highest BCUT2D eigenvalue weighted by atomic mass is 16.3. The second-order valence-corrected chi connectivity index (χ2v) is 4.10. The fraction of sp³-hybridized carbons (Fsp3) is 0.231. The van der Waals surface area contributed by atoms with E-state index in [4.69, 9.17) is 0 Å². The summed E-state index contributed by atoms with van der Waals surface area (Å²) in [4.78, 5) is 0. The predicted molar refractivity (Wildman–Crippen MR) is 62.3 cm³/mol. The van der Waals surface area contributed by atoms with Crippen molar-refractivity contribution in [3.63, 3.8) is 0 Å². The standard InChI is InChI=1S/C13H13NO/c15-13-11-4-2-1-3-9(11)5-8-12(13)14-10-6-7-10/h1-5,8,10,14-15H,6-7H2. The Hall–Kier alpha value is -1.70. The van der Waals surface area contributed by atoms with Crippen LogP contribution in [0.1, 0.15) is 12.8 Å². The first-order valence-electron chi connectivity index (χ1n) is 5.32. The molecule has 2 aromatic carbocycles. The van der Waals surface area contributed by atoms with Crippen molar-refractivity contribution in [2.45, 2.75) is 18.9 Å². The minimum Gasteiger partial charge on any atom is -0.505 e. The lowest BCUT2D eigenvalue weighted by Gasteiger charge is -2.09. The molecule has 1 fully saturated rings. The van der Waals surface area contributed by atoms with E-state index in [9.17, 15) is 5.11 Å². The first-order chi connectivity index (χ1) is 7.34. The van der Waals surface area contributed by atoms with Crippen molar-refractivity contribution in [2.75, 3.05) is 5.32 Å². The molecule has 0 saturated heterocycles. The molecule has 3 rings (SSSR count). The molecule has 76 valence electrons. The van der Waals surface area contributed by atoms with Crippen molar-refractivity contribution in [1.82, 2.24) is 0 Å². The van der Waals surface area contributed by atoms with Gasteiger partial charge in [-0.1, -0.05) is 30.3 Å². The van der Waals surface area contributed by atoms with Crippen LogP contribution in [0.15, 0.2) is 36.4 Å². The molecule has 0 aromatic heterocycles. The number of anilines is 1. The van der Waals surface area contributed by atoms with Crippen LogP contribution in [0, 0.1) is 0 Å². The number of benzene rings is 2. The summed E-state index contributed by atoms with van der Waals surface area (Å²) in [5.41, 5.74) is 0.858. The maximum Gasteiger partial charge on any atom is 0.146 e. The van der Waals surface area contributed by atoms with Gasteiger partial charge >= 0.3 is 0 Å². The molecule has 1 aliphatic rings. The molecule has 2 aromatic rings. The quantitative estimate of drug-likeness (QED) is 0.728. The zero-order valence-electron chi connectivity index (χ0n) is 8.40. The van der Waals surface area contributed by atoms with E-state index in [2.05, 4.69) is 5.32 Å². The smallest absolute Gasteiger partial charge is 0.146 e. The van der Waals surface area contributed by atoms with E-state index in [0.717, 1.165) is 16.5 Å². The predicted octanol–water partition coefficient (Wildman–Crippen LogP) is 3.12. The summed E-state index contributed by atoms with van der Waals surface area (Å²) >= 11 is 0. The summed E-state index contributed by atoms with van der Waals surface area (Å²) in [5.74, 6) is 0.375. The Balaban J connectivity index is 2.11. The van der Waals surface area contributed by atoms with Crippen LogP contribution in [-0.4, -0.2) is 11.1 Å². The van der Waals surface area contributed by atoms with E-state index in [1.54, 1.807) is 0 Å². The normalized spacial score (nSPS) is 15.5. The summed E-state index contributed by atoms with van der Waals surface area (Å²) in [7, 11) is 0. The molecule has 0 atom stereocenters. The fourth-order valence-electron chi connectivity index (χ4n) is 1.82. The zero-order chi connectivity index (χ0) is 10.3. The Labute approximate surface area is 88.5 Å². The Bertz CT molecular complexity index is 503. The summed E-state index contributed by atoms with van der Waals surface area (Å²) in [6, 6.07) is 12.4. The molecule has 0 radical (unpaired) electrons. The zero-order valence-corrected chi connectivity index (χ0v) is 8.40. The van der Waals surface area contributed by atoms with Gasteiger partial charge in [-0.15, -0.1) is 0 Å². The van der Waals surface area contributed by atoms with E-state index < -0.39 is 0 Å². The van der Waals surface area contributed by atoms with Gasteiger partial charge in [0.2, 0.25) is 0 Å². The Morgan fingerprint density at radius 3 is 2.67 bits per heavy atom. The van der Waals surface area contributed by atoms with Crippen LogP contribution < -0.4 is 5.32 Å². The largest absolute Gasteiger partial charge is 0.505 e. The molecule has 0 unspecified atom stereocenters. The highest BCUT2D eigenvalue weighted by Crippen LogP contribution is 2.35. The number of rotatable bonds is 2. The number of phenolic OH excluding ortho intramolecular Hbond substituents is 1.